The lowest BCUT2D eigenvalue weighted by molar-refractivity contribution is 0.0727. The van der Waals surface area contributed by atoms with Crippen molar-refractivity contribution in [1.82, 2.24) is 9.97 Å². The molecule has 0 bridgehead atoms. The van der Waals surface area contributed by atoms with E-state index in [1.54, 1.807) is 30.2 Å². The lowest BCUT2D eigenvalue weighted by Crippen LogP contribution is -2.24. The highest BCUT2D eigenvalue weighted by atomic mass is 35.5. The van der Waals surface area contributed by atoms with Gasteiger partial charge in [0.25, 0.3) is 0 Å². The first-order valence-electron chi connectivity index (χ1n) is 9.24. The number of thioether (sulfide) groups is 1. The van der Waals surface area contributed by atoms with E-state index in [-0.39, 0.29) is 0 Å². The summed E-state index contributed by atoms with van der Waals surface area (Å²) < 4.78 is 5.02. The maximum atomic E-state index is 10.0. The van der Waals surface area contributed by atoms with Crippen LogP contribution in [0.3, 0.4) is 0 Å². The molecule has 28 heavy (non-hydrogen) atoms. The molecule has 0 aliphatic heterocycles. The van der Waals surface area contributed by atoms with Gasteiger partial charge in [-0.15, -0.1) is 23.1 Å². The predicted molar refractivity (Wildman–Crippen MR) is 117 cm³/mol. The number of nitrogens with zero attached hydrogens (tertiary/aromatic N) is 2. The van der Waals surface area contributed by atoms with Crippen LogP contribution in [0.2, 0.25) is 5.02 Å². The van der Waals surface area contributed by atoms with Crippen molar-refractivity contribution < 1.29 is 9.84 Å². The minimum atomic E-state index is -0.575. The Kier molecular flexibility index (Phi) is 6.38. The first-order valence-corrected chi connectivity index (χ1v) is 11.4. The minimum absolute atomic E-state index is 0.294. The summed E-state index contributed by atoms with van der Waals surface area (Å²) in [6.07, 6.45) is 2.81. The average molecular weight is 436 g/mol. The van der Waals surface area contributed by atoms with Gasteiger partial charge in [0.15, 0.2) is 0 Å². The van der Waals surface area contributed by atoms with Crippen LogP contribution >= 0.6 is 34.7 Å². The highest BCUT2D eigenvalue weighted by Gasteiger charge is 2.22. The van der Waals surface area contributed by atoms with E-state index in [1.165, 1.54) is 16.9 Å². The quantitative estimate of drug-likeness (QED) is 0.506. The molecule has 0 fully saturated rings. The SMILES string of the molecule is COCC(O)CNc1nc(CSc2ccc(Cl)cc2)nc2sc3c(c12)CCC3. The Morgan fingerprint density at radius 2 is 2.11 bits per heavy atom. The molecule has 1 aromatic carbocycles. The number of anilines is 1. The van der Waals surface area contributed by atoms with Crippen molar-refractivity contribution in [2.45, 2.75) is 36.0 Å². The molecule has 148 valence electrons. The molecule has 5 nitrogen and oxygen atoms in total. The van der Waals surface area contributed by atoms with Gasteiger partial charge in [0, 0.05) is 28.4 Å². The number of hydrogen-bond donors (Lipinski definition) is 2. The van der Waals surface area contributed by atoms with Crippen molar-refractivity contribution in [2.75, 3.05) is 25.6 Å². The largest absolute Gasteiger partial charge is 0.389 e. The Morgan fingerprint density at radius 3 is 2.89 bits per heavy atom. The van der Waals surface area contributed by atoms with Crippen LogP contribution in [0.25, 0.3) is 10.2 Å². The van der Waals surface area contributed by atoms with Gasteiger partial charge >= 0.3 is 0 Å². The zero-order valence-electron chi connectivity index (χ0n) is 15.6. The Balaban J connectivity index is 1.59. The molecule has 4 rings (SSSR count). The maximum absolute atomic E-state index is 10.0. The van der Waals surface area contributed by atoms with E-state index in [4.69, 9.17) is 26.3 Å². The summed E-state index contributed by atoms with van der Waals surface area (Å²) in [6, 6.07) is 7.79. The van der Waals surface area contributed by atoms with Gasteiger partial charge in [-0.2, -0.15) is 0 Å². The maximum Gasteiger partial charge on any atom is 0.142 e. The van der Waals surface area contributed by atoms with Crippen molar-refractivity contribution >= 4 is 50.7 Å². The molecule has 0 radical (unpaired) electrons. The van der Waals surface area contributed by atoms with Crippen LogP contribution < -0.4 is 5.32 Å². The van der Waals surface area contributed by atoms with E-state index >= 15 is 0 Å². The molecule has 0 saturated carbocycles. The van der Waals surface area contributed by atoms with E-state index in [0.717, 1.165) is 44.6 Å². The Hall–Kier alpha value is -1.38. The van der Waals surface area contributed by atoms with E-state index < -0.39 is 6.10 Å². The monoisotopic (exact) mass is 435 g/mol. The normalized spacial score (nSPS) is 14.4. The van der Waals surface area contributed by atoms with Crippen LogP contribution in [0.15, 0.2) is 29.2 Å². The lowest BCUT2D eigenvalue weighted by atomic mass is 10.2. The number of methoxy groups -OCH3 is 1. The number of aromatic nitrogens is 2. The lowest BCUT2D eigenvalue weighted by Gasteiger charge is -2.13. The van der Waals surface area contributed by atoms with Crippen molar-refractivity contribution in [3.63, 3.8) is 0 Å². The van der Waals surface area contributed by atoms with Crippen LogP contribution in [0.4, 0.5) is 5.82 Å². The fourth-order valence-corrected chi connectivity index (χ4v) is 5.54. The number of ether oxygens (including phenoxy) is 1. The van der Waals surface area contributed by atoms with E-state index in [1.807, 2.05) is 24.3 Å². The van der Waals surface area contributed by atoms with Gasteiger partial charge in [-0.1, -0.05) is 11.6 Å². The van der Waals surface area contributed by atoms with Crippen LogP contribution in [0.5, 0.6) is 0 Å². The second-order valence-electron chi connectivity index (χ2n) is 6.76. The molecule has 2 heterocycles. The summed E-state index contributed by atoms with van der Waals surface area (Å²) >= 11 is 9.43. The molecule has 8 heteroatoms. The van der Waals surface area contributed by atoms with Crippen molar-refractivity contribution in [3.8, 4) is 0 Å². The van der Waals surface area contributed by atoms with Crippen molar-refractivity contribution in [1.29, 1.82) is 0 Å². The Bertz CT molecular complexity index is 962. The molecule has 1 unspecified atom stereocenters. The molecule has 2 aromatic heterocycles. The molecule has 3 aromatic rings. The van der Waals surface area contributed by atoms with E-state index in [2.05, 4.69) is 5.32 Å². The fourth-order valence-electron chi connectivity index (χ4n) is 3.38. The van der Waals surface area contributed by atoms with Gasteiger partial charge in [0.05, 0.1) is 23.8 Å². The highest BCUT2D eigenvalue weighted by Crippen LogP contribution is 2.40. The molecular weight excluding hydrogens is 414 g/mol. The summed E-state index contributed by atoms with van der Waals surface area (Å²) in [5.41, 5.74) is 1.38. The first-order chi connectivity index (χ1) is 13.6. The summed E-state index contributed by atoms with van der Waals surface area (Å²) in [5.74, 6) is 2.29. The summed E-state index contributed by atoms with van der Waals surface area (Å²) in [6.45, 7) is 0.691. The van der Waals surface area contributed by atoms with Crippen LogP contribution in [0, 0.1) is 0 Å². The highest BCUT2D eigenvalue weighted by molar-refractivity contribution is 7.98. The number of halogens is 1. The van der Waals surface area contributed by atoms with E-state index in [9.17, 15) is 5.11 Å². The minimum Gasteiger partial charge on any atom is -0.389 e. The summed E-state index contributed by atoms with van der Waals surface area (Å²) in [7, 11) is 1.59. The number of aryl methyl sites for hydroxylation is 2. The van der Waals surface area contributed by atoms with Crippen LogP contribution in [0.1, 0.15) is 22.7 Å². The first kappa shape index (κ1) is 19.9. The number of hydrogen-bond acceptors (Lipinski definition) is 7. The summed E-state index contributed by atoms with van der Waals surface area (Å²) in [4.78, 5) is 13.2. The predicted octanol–water partition coefficient (Wildman–Crippen LogP) is 4.54. The van der Waals surface area contributed by atoms with Gasteiger partial charge in [-0.3, -0.25) is 0 Å². The molecule has 0 amide bonds. The standard InChI is InChI=1S/C20H22ClN3O2S2/c1-26-10-13(25)9-22-19-18-15-3-2-4-16(15)28-20(18)24-17(23-19)11-27-14-7-5-12(21)6-8-14/h5-8,13,25H,2-4,9-11H2,1H3,(H,22,23,24). The number of benzene rings is 1. The molecule has 1 aliphatic carbocycles. The van der Waals surface area contributed by atoms with Gasteiger partial charge in [-0.25, -0.2) is 9.97 Å². The molecule has 2 N–H and O–H groups in total. The third-order valence-electron chi connectivity index (χ3n) is 4.66. The van der Waals surface area contributed by atoms with Crippen molar-refractivity contribution in [3.05, 3.63) is 45.6 Å². The van der Waals surface area contributed by atoms with Gasteiger partial charge < -0.3 is 15.2 Å². The number of thiophene rings is 1. The number of nitrogens with one attached hydrogen (secondary N) is 1. The zero-order chi connectivity index (χ0) is 19.5. The smallest absolute Gasteiger partial charge is 0.142 e. The molecule has 1 aliphatic rings. The number of rotatable bonds is 8. The second-order valence-corrected chi connectivity index (χ2v) is 9.33. The van der Waals surface area contributed by atoms with Gasteiger partial charge in [0.2, 0.25) is 0 Å². The Morgan fingerprint density at radius 1 is 1.29 bits per heavy atom. The number of aliphatic hydroxyl groups is 1. The van der Waals surface area contributed by atoms with Crippen molar-refractivity contribution in [2.24, 2.45) is 0 Å². The molecule has 1 atom stereocenters. The van der Waals surface area contributed by atoms with Crippen LogP contribution in [-0.4, -0.2) is 41.4 Å². The van der Waals surface area contributed by atoms with Crippen LogP contribution in [-0.2, 0) is 23.3 Å². The molecule has 0 saturated heterocycles. The average Bonchev–Trinajstić information content (AvgIpc) is 3.27. The van der Waals surface area contributed by atoms with Gasteiger partial charge in [-0.05, 0) is 49.1 Å². The third-order valence-corrected chi connectivity index (χ3v) is 7.10. The van der Waals surface area contributed by atoms with E-state index in [0.29, 0.717) is 18.9 Å². The number of aliphatic hydroxyl groups excluding tert-OH is 1. The topological polar surface area (TPSA) is 67.3 Å². The molecule has 0 spiro atoms. The third kappa shape index (κ3) is 4.44. The second kappa shape index (κ2) is 8.97. The zero-order valence-corrected chi connectivity index (χ0v) is 18.0. The molecular formula is C20H22ClN3O2S2. The summed E-state index contributed by atoms with van der Waals surface area (Å²) in [5, 5.41) is 15.2. The fraction of sp³-hybridized carbons (Fsp3) is 0.400. The number of fused-ring (bicyclic) bond motifs is 3. The Labute approximate surface area is 177 Å². The van der Waals surface area contributed by atoms with Gasteiger partial charge in [0.1, 0.15) is 16.5 Å².